The molecule has 0 unspecified atom stereocenters. The molecule has 7 nitrogen and oxygen atoms in total. The summed E-state index contributed by atoms with van der Waals surface area (Å²) in [5, 5.41) is 5.55. The van der Waals surface area contributed by atoms with E-state index in [0.29, 0.717) is 10.6 Å². The van der Waals surface area contributed by atoms with Crippen LogP contribution in [0.1, 0.15) is 19.4 Å². The largest absolute Gasteiger partial charge is 0.463 e. The third kappa shape index (κ3) is 5.10. The van der Waals surface area contributed by atoms with E-state index < -0.39 is 24.0 Å². The normalized spacial score (nSPS) is 16.9. The number of nitrogens with one attached hydrogen (secondary N) is 2. The number of benzene rings is 1. The summed E-state index contributed by atoms with van der Waals surface area (Å²) in [5.74, 6) is -1.22. The predicted molar refractivity (Wildman–Crippen MR) is 96.2 cm³/mol. The van der Waals surface area contributed by atoms with E-state index in [-0.39, 0.29) is 24.5 Å². The number of rotatable bonds is 6. The van der Waals surface area contributed by atoms with Crippen molar-refractivity contribution in [2.75, 3.05) is 13.2 Å². The lowest BCUT2D eigenvalue weighted by Crippen LogP contribution is -2.50. The van der Waals surface area contributed by atoms with Crippen LogP contribution in [0.5, 0.6) is 0 Å². The Morgan fingerprint density at radius 2 is 2.00 bits per heavy atom. The highest BCUT2D eigenvalue weighted by atomic mass is 35.5. The molecule has 0 aliphatic carbocycles. The lowest BCUT2D eigenvalue weighted by Gasteiger charge is -2.26. The van der Waals surface area contributed by atoms with Crippen molar-refractivity contribution in [3.63, 3.8) is 0 Å². The molecule has 0 radical (unpaired) electrons. The van der Waals surface area contributed by atoms with Gasteiger partial charge in [-0.2, -0.15) is 0 Å². The van der Waals surface area contributed by atoms with Crippen molar-refractivity contribution in [2.24, 2.45) is 0 Å². The molecule has 0 saturated carbocycles. The van der Waals surface area contributed by atoms with Gasteiger partial charge in [0.15, 0.2) is 0 Å². The summed E-state index contributed by atoms with van der Waals surface area (Å²) in [6.45, 7) is 3.25. The van der Waals surface area contributed by atoms with E-state index in [0.717, 1.165) is 0 Å². The van der Waals surface area contributed by atoms with E-state index in [1.807, 2.05) is 0 Å². The molecular weight excluding hydrogens is 360 g/mol. The van der Waals surface area contributed by atoms with Crippen LogP contribution in [0.4, 0.5) is 4.79 Å². The second-order valence-corrected chi connectivity index (χ2v) is 5.80. The highest BCUT2D eigenvalue weighted by Gasteiger charge is 2.30. The van der Waals surface area contributed by atoms with Gasteiger partial charge in [0.2, 0.25) is 0 Å². The van der Waals surface area contributed by atoms with Gasteiger partial charge in [-0.25, -0.2) is 14.4 Å². The summed E-state index contributed by atoms with van der Waals surface area (Å²) in [4.78, 5) is 35.6. The van der Waals surface area contributed by atoms with Gasteiger partial charge in [-0.3, -0.25) is 0 Å². The molecule has 2 rings (SSSR count). The second-order valence-electron chi connectivity index (χ2n) is 5.40. The molecular formula is C18H19ClN2O5. The van der Waals surface area contributed by atoms with Gasteiger partial charge in [-0.1, -0.05) is 29.8 Å². The van der Waals surface area contributed by atoms with Crippen LogP contribution < -0.4 is 10.6 Å². The van der Waals surface area contributed by atoms with Gasteiger partial charge < -0.3 is 20.1 Å². The zero-order chi connectivity index (χ0) is 19.1. The first kappa shape index (κ1) is 19.5. The van der Waals surface area contributed by atoms with Gasteiger partial charge in [-0.05, 0) is 31.6 Å². The summed E-state index contributed by atoms with van der Waals surface area (Å²) in [6, 6.07) is 5.98. The van der Waals surface area contributed by atoms with Crippen LogP contribution in [0.3, 0.4) is 0 Å². The van der Waals surface area contributed by atoms with Gasteiger partial charge in [0.1, 0.15) is 6.61 Å². The fourth-order valence-corrected chi connectivity index (χ4v) is 2.55. The van der Waals surface area contributed by atoms with Gasteiger partial charge >= 0.3 is 18.0 Å². The molecule has 138 valence electrons. The maximum Gasteiger partial charge on any atom is 0.338 e. The number of ether oxygens (including phenoxy) is 2. The molecule has 0 fully saturated rings. The molecule has 2 N–H and O–H groups in total. The van der Waals surface area contributed by atoms with Crippen molar-refractivity contribution in [1.29, 1.82) is 0 Å². The van der Waals surface area contributed by atoms with Gasteiger partial charge in [0.25, 0.3) is 0 Å². The Bertz CT molecular complexity index is 773. The smallest absolute Gasteiger partial charge is 0.338 e. The highest BCUT2D eigenvalue weighted by Crippen LogP contribution is 2.17. The molecule has 1 aliphatic rings. The third-order valence-corrected chi connectivity index (χ3v) is 3.87. The van der Waals surface area contributed by atoms with E-state index in [9.17, 15) is 14.4 Å². The Hall–Kier alpha value is -2.80. The Kier molecular flexibility index (Phi) is 6.80. The minimum atomic E-state index is -0.638. The molecule has 0 saturated heterocycles. The first-order chi connectivity index (χ1) is 12.4. The summed E-state index contributed by atoms with van der Waals surface area (Å²) in [7, 11) is 0. The Morgan fingerprint density at radius 1 is 1.27 bits per heavy atom. The first-order valence-electron chi connectivity index (χ1n) is 7.99. The van der Waals surface area contributed by atoms with E-state index in [1.165, 1.54) is 12.2 Å². The first-order valence-corrected chi connectivity index (χ1v) is 8.37. The van der Waals surface area contributed by atoms with Crippen LogP contribution >= 0.6 is 11.6 Å². The number of carbonyl (C=O) groups excluding carboxylic acids is 3. The average Bonchev–Trinajstić information content (AvgIpc) is 2.58. The van der Waals surface area contributed by atoms with Crippen LogP contribution in [-0.4, -0.2) is 37.2 Å². The number of hydrogen-bond acceptors (Lipinski definition) is 5. The predicted octanol–water partition coefficient (Wildman–Crippen LogP) is 2.41. The standard InChI is InChI=1S/C18H19ClN2O5/c1-3-25-17(23)16-11(2)20-18(24)21-14(16)10-26-15(22)9-8-12-6-4-5-7-13(12)19/h4-9,11H,3,10H2,1-2H3,(H2,20,21,24)/b9-8-/t11-/m0/s1. The second kappa shape index (κ2) is 9.05. The Morgan fingerprint density at radius 3 is 2.69 bits per heavy atom. The minimum Gasteiger partial charge on any atom is -0.463 e. The lowest BCUT2D eigenvalue weighted by atomic mass is 10.0. The zero-order valence-corrected chi connectivity index (χ0v) is 15.1. The SMILES string of the molecule is CCOC(=O)C1=C(COC(=O)/C=C\c2ccccc2Cl)NC(=O)N[C@H]1C. The molecule has 1 atom stereocenters. The average molecular weight is 379 g/mol. The molecule has 1 aliphatic heterocycles. The molecule has 1 heterocycles. The van der Waals surface area contributed by atoms with Gasteiger partial charge in [0.05, 0.1) is 23.9 Å². The third-order valence-electron chi connectivity index (χ3n) is 3.53. The number of amides is 2. The zero-order valence-electron chi connectivity index (χ0n) is 14.4. The number of halogens is 1. The lowest BCUT2D eigenvalue weighted by molar-refractivity contribution is -0.140. The maximum atomic E-state index is 12.1. The monoisotopic (exact) mass is 378 g/mol. The van der Waals surface area contributed by atoms with E-state index >= 15 is 0 Å². The van der Waals surface area contributed by atoms with Crippen molar-refractivity contribution in [1.82, 2.24) is 10.6 Å². The fourth-order valence-electron chi connectivity index (χ4n) is 2.35. The van der Waals surface area contributed by atoms with Gasteiger partial charge in [-0.15, -0.1) is 0 Å². The van der Waals surface area contributed by atoms with Crippen LogP contribution in [0, 0.1) is 0 Å². The molecule has 0 spiro atoms. The molecule has 2 amide bonds. The van der Waals surface area contributed by atoms with Gasteiger partial charge in [0, 0.05) is 11.1 Å². The molecule has 26 heavy (non-hydrogen) atoms. The number of hydrogen-bond donors (Lipinski definition) is 2. The number of carbonyl (C=O) groups is 3. The molecule has 1 aromatic rings. The molecule has 0 aromatic heterocycles. The van der Waals surface area contributed by atoms with Crippen molar-refractivity contribution in [3.8, 4) is 0 Å². The van der Waals surface area contributed by atoms with Crippen molar-refractivity contribution >= 4 is 35.6 Å². The topological polar surface area (TPSA) is 93.7 Å². The van der Waals surface area contributed by atoms with E-state index in [1.54, 1.807) is 38.1 Å². The van der Waals surface area contributed by atoms with Crippen molar-refractivity contribution in [2.45, 2.75) is 19.9 Å². The molecule has 1 aromatic carbocycles. The maximum absolute atomic E-state index is 12.1. The van der Waals surface area contributed by atoms with Crippen molar-refractivity contribution in [3.05, 3.63) is 52.2 Å². The van der Waals surface area contributed by atoms with Crippen LogP contribution in [0.15, 0.2) is 41.6 Å². The minimum absolute atomic E-state index is 0.191. The van der Waals surface area contributed by atoms with E-state index in [4.69, 9.17) is 21.1 Å². The fraction of sp³-hybridized carbons (Fsp3) is 0.278. The molecule has 8 heteroatoms. The van der Waals surface area contributed by atoms with Crippen LogP contribution in [0.25, 0.3) is 6.08 Å². The van der Waals surface area contributed by atoms with Crippen LogP contribution in [0.2, 0.25) is 5.02 Å². The Balaban J connectivity index is 2.08. The summed E-state index contributed by atoms with van der Waals surface area (Å²) >= 11 is 6.01. The summed E-state index contributed by atoms with van der Waals surface area (Å²) in [6.07, 6.45) is 2.74. The number of esters is 2. The highest BCUT2D eigenvalue weighted by molar-refractivity contribution is 6.32. The molecule has 0 bridgehead atoms. The van der Waals surface area contributed by atoms with Crippen molar-refractivity contribution < 1.29 is 23.9 Å². The summed E-state index contributed by atoms with van der Waals surface area (Å²) < 4.78 is 10.1. The summed E-state index contributed by atoms with van der Waals surface area (Å²) in [5.41, 5.74) is 1.08. The quantitative estimate of drug-likeness (QED) is 0.585. The Labute approximate surface area is 156 Å². The van der Waals surface area contributed by atoms with E-state index in [2.05, 4.69) is 10.6 Å². The number of urea groups is 1. The van der Waals surface area contributed by atoms with Crippen LogP contribution in [-0.2, 0) is 19.1 Å².